The molecule has 2 rings (SSSR count). The largest absolute Gasteiger partial charge is 0.397 e. The number of hydrogen-bond donors (Lipinski definition) is 2. The van der Waals surface area contributed by atoms with Gasteiger partial charge in [0, 0.05) is 10.8 Å². The van der Waals surface area contributed by atoms with Crippen molar-refractivity contribution in [1.82, 2.24) is 0 Å². The fourth-order valence-electron chi connectivity index (χ4n) is 2.32. The third-order valence-electron chi connectivity index (χ3n) is 3.33. The van der Waals surface area contributed by atoms with E-state index in [1.54, 1.807) is 6.08 Å². The van der Waals surface area contributed by atoms with Gasteiger partial charge in [0.25, 0.3) is 5.91 Å². The van der Waals surface area contributed by atoms with Crippen molar-refractivity contribution in [1.29, 1.82) is 0 Å². The maximum atomic E-state index is 11.5. The van der Waals surface area contributed by atoms with Crippen LogP contribution in [0.15, 0.2) is 47.7 Å². The summed E-state index contributed by atoms with van der Waals surface area (Å²) in [7, 11) is 0. The van der Waals surface area contributed by atoms with E-state index in [4.69, 9.17) is 23.7 Å². The summed E-state index contributed by atoms with van der Waals surface area (Å²) >= 11 is 5.39. The molecule has 3 nitrogen and oxygen atoms in total. The van der Waals surface area contributed by atoms with E-state index in [2.05, 4.69) is 6.92 Å². The van der Waals surface area contributed by atoms with Crippen LogP contribution in [0.25, 0.3) is 5.57 Å². The summed E-state index contributed by atoms with van der Waals surface area (Å²) in [5.74, 6) is -0.483. The lowest BCUT2D eigenvalue weighted by Gasteiger charge is -2.26. The highest BCUT2D eigenvalue weighted by Crippen LogP contribution is 2.34. The summed E-state index contributed by atoms with van der Waals surface area (Å²) in [4.78, 5) is 12.1. The first kappa shape index (κ1) is 13.5. The number of allylic oxidation sites excluding steroid dienone is 2. The molecule has 1 aliphatic rings. The second-order valence-electron chi connectivity index (χ2n) is 4.48. The van der Waals surface area contributed by atoms with E-state index >= 15 is 0 Å². The van der Waals surface area contributed by atoms with Crippen LogP contribution < -0.4 is 11.5 Å². The number of carbonyl (C=O) groups is 1. The topological polar surface area (TPSA) is 69.1 Å². The molecule has 0 saturated heterocycles. The zero-order chi connectivity index (χ0) is 14.0. The fraction of sp³-hybridized carbons (Fsp3) is 0.200. The molecule has 0 saturated carbocycles. The van der Waals surface area contributed by atoms with Crippen LogP contribution in [0.4, 0.5) is 0 Å². The van der Waals surface area contributed by atoms with Crippen molar-refractivity contribution < 1.29 is 4.79 Å². The van der Waals surface area contributed by atoms with Crippen molar-refractivity contribution in [3.63, 3.8) is 0 Å². The Hall–Kier alpha value is -1.94. The molecular formula is C15H16N2OS. The Labute approximate surface area is 118 Å². The van der Waals surface area contributed by atoms with Crippen LogP contribution in [0.1, 0.15) is 18.9 Å². The van der Waals surface area contributed by atoms with Gasteiger partial charge in [0.05, 0.1) is 11.3 Å². The van der Waals surface area contributed by atoms with E-state index in [-0.39, 0.29) is 5.92 Å². The highest BCUT2D eigenvalue weighted by Gasteiger charge is 2.28. The second kappa shape index (κ2) is 5.36. The molecule has 0 bridgehead atoms. The molecule has 0 fully saturated rings. The van der Waals surface area contributed by atoms with Crippen LogP contribution in [0.5, 0.6) is 0 Å². The Balaban J connectivity index is 2.59. The number of benzene rings is 1. The number of nitrogens with two attached hydrogens (primary N) is 2. The third kappa shape index (κ3) is 2.44. The zero-order valence-electron chi connectivity index (χ0n) is 10.7. The van der Waals surface area contributed by atoms with Crippen LogP contribution in [0.3, 0.4) is 0 Å². The van der Waals surface area contributed by atoms with Crippen LogP contribution >= 0.6 is 12.2 Å². The zero-order valence-corrected chi connectivity index (χ0v) is 11.5. The van der Waals surface area contributed by atoms with Crippen LogP contribution in [-0.2, 0) is 4.79 Å². The number of primary amides is 1. The summed E-state index contributed by atoms with van der Waals surface area (Å²) in [6.45, 7) is 2.05. The predicted octanol–water partition coefficient (Wildman–Crippen LogP) is 2.18. The van der Waals surface area contributed by atoms with Gasteiger partial charge in [0.15, 0.2) is 0 Å². The number of amides is 1. The van der Waals surface area contributed by atoms with E-state index in [0.29, 0.717) is 16.1 Å². The van der Waals surface area contributed by atoms with Gasteiger partial charge in [-0.1, -0.05) is 49.5 Å². The van der Waals surface area contributed by atoms with E-state index in [0.717, 1.165) is 17.6 Å². The molecule has 4 N–H and O–H groups in total. The van der Waals surface area contributed by atoms with Gasteiger partial charge in [0.1, 0.15) is 0 Å². The van der Waals surface area contributed by atoms with Crippen molar-refractivity contribution in [3.8, 4) is 0 Å². The smallest absolute Gasteiger partial charge is 0.250 e. The monoisotopic (exact) mass is 272 g/mol. The Morgan fingerprint density at radius 3 is 2.47 bits per heavy atom. The first-order valence-corrected chi connectivity index (χ1v) is 6.57. The fourth-order valence-corrected chi connectivity index (χ4v) is 2.72. The van der Waals surface area contributed by atoms with Crippen molar-refractivity contribution in [2.45, 2.75) is 13.3 Å². The predicted molar refractivity (Wildman–Crippen MR) is 81.2 cm³/mol. The molecule has 0 radical (unpaired) electrons. The molecule has 98 valence electrons. The summed E-state index contributed by atoms with van der Waals surface area (Å²) in [5, 5.41) is 0. The first-order valence-electron chi connectivity index (χ1n) is 6.17. The Morgan fingerprint density at radius 2 is 1.95 bits per heavy atom. The summed E-state index contributed by atoms with van der Waals surface area (Å²) < 4.78 is 0. The van der Waals surface area contributed by atoms with E-state index in [9.17, 15) is 4.79 Å². The lowest BCUT2D eigenvalue weighted by atomic mass is 9.81. The minimum atomic E-state index is -0.539. The van der Waals surface area contributed by atoms with Crippen molar-refractivity contribution in [3.05, 3.63) is 53.2 Å². The number of carbonyl (C=O) groups excluding carboxylic acids is 1. The van der Waals surface area contributed by atoms with E-state index in [1.165, 1.54) is 0 Å². The third-order valence-corrected chi connectivity index (χ3v) is 3.83. The van der Waals surface area contributed by atoms with Gasteiger partial charge in [-0.25, -0.2) is 0 Å². The number of rotatable bonds is 3. The average Bonchev–Trinajstić information content (AvgIpc) is 2.42. The highest BCUT2D eigenvalue weighted by molar-refractivity contribution is 7.81. The molecule has 0 aliphatic heterocycles. The van der Waals surface area contributed by atoms with Gasteiger partial charge in [-0.15, -0.1) is 0 Å². The average molecular weight is 272 g/mol. The highest BCUT2D eigenvalue weighted by atomic mass is 32.1. The molecule has 1 amide bonds. The van der Waals surface area contributed by atoms with Crippen LogP contribution in [0.2, 0.25) is 0 Å². The molecule has 0 aromatic heterocycles. The minimum absolute atomic E-state index is 0.0560. The lowest BCUT2D eigenvalue weighted by Crippen LogP contribution is -2.30. The molecule has 0 heterocycles. The second-order valence-corrected chi connectivity index (χ2v) is 4.92. The number of hydrogen-bond acceptors (Lipinski definition) is 3. The molecule has 4 heteroatoms. The normalized spacial score (nSPS) is 19.3. The van der Waals surface area contributed by atoms with Crippen molar-refractivity contribution in [2.24, 2.45) is 17.4 Å². The number of thiocarbonyl (C=S) groups is 1. The standard InChI is InChI=1S/C15H16N2OS/c1-2-10-11(9-6-4-3-5-7-9)8-12(15(17)18)13(16)14(10)19/h3-8,10H,2,16H2,1H3,(H2,17,18). The molecule has 1 atom stereocenters. The lowest BCUT2D eigenvalue weighted by molar-refractivity contribution is -0.114. The van der Waals surface area contributed by atoms with Crippen LogP contribution in [0, 0.1) is 5.92 Å². The quantitative estimate of drug-likeness (QED) is 0.829. The van der Waals surface area contributed by atoms with Gasteiger partial charge in [0.2, 0.25) is 0 Å². The molecule has 1 aromatic carbocycles. The minimum Gasteiger partial charge on any atom is -0.397 e. The Bertz CT molecular complexity index is 587. The molecule has 1 aliphatic carbocycles. The molecule has 1 unspecified atom stereocenters. The molecule has 19 heavy (non-hydrogen) atoms. The maximum Gasteiger partial charge on any atom is 0.250 e. The van der Waals surface area contributed by atoms with E-state index < -0.39 is 5.91 Å². The molecule has 0 spiro atoms. The van der Waals surface area contributed by atoms with Gasteiger partial charge < -0.3 is 11.5 Å². The van der Waals surface area contributed by atoms with Crippen LogP contribution in [-0.4, -0.2) is 10.8 Å². The molecular weight excluding hydrogens is 256 g/mol. The van der Waals surface area contributed by atoms with Crippen molar-refractivity contribution >= 4 is 28.6 Å². The molecule has 1 aromatic rings. The van der Waals surface area contributed by atoms with Gasteiger partial charge in [-0.3, -0.25) is 4.79 Å². The SMILES string of the molecule is CCC1C(=S)C(N)=C(C(N)=O)C=C1c1ccccc1. The summed E-state index contributed by atoms with van der Waals surface area (Å²) in [6, 6.07) is 9.86. The maximum absolute atomic E-state index is 11.5. The van der Waals surface area contributed by atoms with Crippen molar-refractivity contribution in [2.75, 3.05) is 0 Å². The Kier molecular flexibility index (Phi) is 3.81. The van der Waals surface area contributed by atoms with E-state index in [1.807, 2.05) is 30.3 Å². The summed E-state index contributed by atoms with van der Waals surface area (Å²) in [6.07, 6.45) is 2.61. The Morgan fingerprint density at radius 1 is 1.32 bits per heavy atom. The van der Waals surface area contributed by atoms with Gasteiger partial charge >= 0.3 is 0 Å². The first-order chi connectivity index (χ1) is 9.06. The van der Waals surface area contributed by atoms with Gasteiger partial charge in [-0.2, -0.15) is 0 Å². The van der Waals surface area contributed by atoms with Gasteiger partial charge in [-0.05, 0) is 23.6 Å². The summed E-state index contributed by atoms with van der Waals surface area (Å²) in [5.41, 5.74) is 14.0.